The molecular formula is C14H16N2O3. The van der Waals surface area contributed by atoms with E-state index in [0.29, 0.717) is 17.7 Å². The molecule has 0 aliphatic rings. The molecule has 0 radical (unpaired) electrons. The number of hydrogen-bond acceptors (Lipinski definition) is 4. The van der Waals surface area contributed by atoms with Gasteiger partial charge in [-0.3, -0.25) is 4.79 Å². The molecule has 19 heavy (non-hydrogen) atoms. The van der Waals surface area contributed by atoms with Crippen molar-refractivity contribution in [3.63, 3.8) is 0 Å². The number of hydrogen-bond donors (Lipinski definition) is 3. The summed E-state index contributed by atoms with van der Waals surface area (Å²) in [4.78, 5) is 18.8. The Morgan fingerprint density at radius 1 is 1.32 bits per heavy atom. The number of rotatable bonds is 5. The van der Waals surface area contributed by atoms with Crippen molar-refractivity contribution in [1.29, 1.82) is 0 Å². The van der Waals surface area contributed by atoms with Crippen molar-refractivity contribution < 1.29 is 15.0 Å². The van der Waals surface area contributed by atoms with E-state index in [1.165, 1.54) is 12.4 Å². The highest BCUT2D eigenvalue weighted by atomic mass is 16.3. The molecule has 0 unspecified atom stereocenters. The Bertz CT molecular complexity index is 577. The molecule has 2 rings (SSSR count). The summed E-state index contributed by atoms with van der Waals surface area (Å²) in [5.74, 6) is -0.376. The van der Waals surface area contributed by atoms with Gasteiger partial charge in [0, 0.05) is 18.0 Å². The molecule has 0 amide bonds. The number of carbonyl (C=O) groups is 1. The number of aromatic amines is 1. The van der Waals surface area contributed by atoms with Gasteiger partial charge in [-0.2, -0.15) is 0 Å². The second kappa shape index (κ2) is 5.56. The molecule has 0 spiro atoms. The minimum Gasteiger partial charge on any atom is -0.508 e. The number of aryl methyl sites for hydroxylation is 1. The highest BCUT2D eigenvalue weighted by molar-refractivity contribution is 6.00. The van der Waals surface area contributed by atoms with E-state index in [4.69, 9.17) is 0 Å². The molecule has 100 valence electrons. The molecule has 0 saturated heterocycles. The lowest BCUT2D eigenvalue weighted by Crippen LogP contribution is -2.05. The van der Waals surface area contributed by atoms with Crippen LogP contribution in [-0.2, 0) is 12.8 Å². The molecule has 1 aromatic carbocycles. The van der Waals surface area contributed by atoms with Gasteiger partial charge < -0.3 is 15.2 Å². The summed E-state index contributed by atoms with van der Waals surface area (Å²) in [6, 6.07) is 2.79. The smallest absolute Gasteiger partial charge is 0.172 e. The number of aromatic hydroxyl groups is 2. The third-order valence-corrected chi connectivity index (χ3v) is 2.92. The molecule has 0 atom stereocenters. The summed E-state index contributed by atoms with van der Waals surface area (Å²) in [7, 11) is 0. The first-order chi connectivity index (χ1) is 9.11. The maximum atomic E-state index is 12.1. The number of ketones is 1. The summed E-state index contributed by atoms with van der Waals surface area (Å²) in [5, 5.41) is 19.5. The predicted octanol–water partition coefficient (Wildman–Crippen LogP) is 2.20. The van der Waals surface area contributed by atoms with Crippen LogP contribution < -0.4 is 0 Å². The molecule has 0 aliphatic carbocycles. The Balaban J connectivity index is 2.28. The van der Waals surface area contributed by atoms with Crippen molar-refractivity contribution in [3.05, 3.63) is 41.5 Å². The Hall–Kier alpha value is -2.30. The number of aromatic nitrogens is 2. The van der Waals surface area contributed by atoms with E-state index in [0.717, 1.165) is 6.42 Å². The minimum atomic E-state index is -0.209. The molecule has 1 aromatic heterocycles. The van der Waals surface area contributed by atoms with E-state index in [-0.39, 0.29) is 29.3 Å². The second-order valence-corrected chi connectivity index (χ2v) is 4.42. The van der Waals surface area contributed by atoms with E-state index in [9.17, 15) is 15.0 Å². The van der Waals surface area contributed by atoms with Crippen LogP contribution in [0.5, 0.6) is 11.5 Å². The maximum absolute atomic E-state index is 12.1. The molecule has 2 aromatic rings. The molecule has 0 aliphatic heterocycles. The molecular weight excluding hydrogens is 244 g/mol. The summed E-state index contributed by atoms with van der Waals surface area (Å²) in [6.07, 6.45) is 4.73. The zero-order valence-electron chi connectivity index (χ0n) is 10.7. The number of nitrogens with zero attached hydrogens (tertiary/aromatic N) is 1. The Morgan fingerprint density at radius 2 is 2.11 bits per heavy atom. The van der Waals surface area contributed by atoms with Crippen LogP contribution in [0, 0.1) is 0 Å². The van der Waals surface area contributed by atoms with Gasteiger partial charge in [-0.15, -0.1) is 0 Å². The summed E-state index contributed by atoms with van der Waals surface area (Å²) in [5.41, 5.74) is 1.60. The highest BCUT2D eigenvalue weighted by Crippen LogP contribution is 2.29. The quantitative estimate of drug-likeness (QED) is 0.719. The lowest BCUT2D eigenvalue weighted by Gasteiger charge is -2.08. The van der Waals surface area contributed by atoms with Crippen molar-refractivity contribution in [2.24, 2.45) is 0 Å². The van der Waals surface area contributed by atoms with Crippen molar-refractivity contribution in [2.75, 3.05) is 0 Å². The van der Waals surface area contributed by atoms with Crippen LogP contribution in [0.3, 0.4) is 0 Å². The zero-order chi connectivity index (χ0) is 13.8. The van der Waals surface area contributed by atoms with Gasteiger partial charge in [0.1, 0.15) is 11.5 Å². The number of phenolic OH excluding ortho intramolecular Hbond substituents is 2. The maximum Gasteiger partial charge on any atom is 0.172 e. The van der Waals surface area contributed by atoms with Gasteiger partial charge in [0.05, 0.1) is 18.3 Å². The van der Waals surface area contributed by atoms with Gasteiger partial charge in [-0.1, -0.05) is 13.3 Å². The molecule has 3 N–H and O–H groups in total. The van der Waals surface area contributed by atoms with Crippen molar-refractivity contribution in [3.8, 4) is 11.5 Å². The van der Waals surface area contributed by atoms with Gasteiger partial charge in [0.25, 0.3) is 0 Å². The van der Waals surface area contributed by atoms with E-state index in [1.54, 1.807) is 12.3 Å². The number of benzene rings is 1. The average molecular weight is 260 g/mol. The fourth-order valence-corrected chi connectivity index (χ4v) is 1.96. The van der Waals surface area contributed by atoms with Gasteiger partial charge in [0.15, 0.2) is 5.78 Å². The lowest BCUT2D eigenvalue weighted by atomic mass is 10.00. The topological polar surface area (TPSA) is 86.2 Å². The van der Waals surface area contributed by atoms with E-state index < -0.39 is 0 Å². The fraction of sp³-hybridized carbons (Fsp3) is 0.286. The van der Waals surface area contributed by atoms with Gasteiger partial charge in [-0.25, -0.2) is 4.98 Å². The normalized spacial score (nSPS) is 10.6. The predicted molar refractivity (Wildman–Crippen MR) is 70.4 cm³/mol. The highest BCUT2D eigenvalue weighted by Gasteiger charge is 2.15. The monoisotopic (exact) mass is 260 g/mol. The largest absolute Gasteiger partial charge is 0.508 e. The zero-order valence-corrected chi connectivity index (χ0v) is 10.7. The molecule has 5 nitrogen and oxygen atoms in total. The van der Waals surface area contributed by atoms with Crippen LogP contribution in [0.15, 0.2) is 24.7 Å². The molecule has 0 bridgehead atoms. The average Bonchev–Trinajstić information content (AvgIpc) is 2.85. The molecule has 0 fully saturated rings. The standard InChI is InChI=1S/C14H16N2O3/c1-2-3-9-4-11(14(19)6-12(9)17)13(18)5-10-7-15-8-16-10/h4,6-8,17,19H,2-3,5H2,1H3,(H,15,16). The van der Waals surface area contributed by atoms with E-state index in [2.05, 4.69) is 9.97 Å². The van der Waals surface area contributed by atoms with Crippen molar-refractivity contribution >= 4 is 5.78 Å². The number of nitrogens with one attached hydrogen (secondary N) is 1. The van der Waals surface area contributed by atoms with Crippen molar-refractivity contribution in [1.82, 2.24) is 9.97 Å². The van der Waals surface area contributed by atoms with Crippen LogP contribution in [0.2, 0.25) is 0 Å². The van der Waals surface area contributed by atoms with Crippen LogP contribution in [-0.4, -0.2) is 26.0 Å². The van der Waals surface area contributed by atoms with Crippen molar-refractivity contribution in [2.45, 2.75) is 26.2 Å². The number of H-pyrrole nitrogens is 1. The Kier molecular flexibility index (Phi) is 3.85. The van der Waals surface area contributed by atoms with Crippen LogP contribution >= 0.6 is 0 Å². The Labute approximate surface area is 110 Å². The van der Waals surface area contributed by atoms with E-state index >= 15 is 0 Å². The molecule has 0 saturated carbocycles. The van der Waals surface area contributed by atoms with Gasteiger partial charge in [0.2, 0.25) is 0 Å². The Morgan fingerprint density at radius 3 is 2.74 bits per heavy atom. The second-order valence-electron chi connectivity index (χ2n) is 4.42. The summed E-state index contributed by atoms with van der Waals surface area (Å²) < 4.78 is 0. The third-order valence-electron chi connectivity index (χ3n) is 2.92. The summed E-state index contributed by atoms with van der Waals surface area (Å²) >= 11 is 0. The minimum absolute atomic E-state index is 0.0254. The number of phenols is 2. The van der Waals surface area contributed by atoms with Gasteiger partial charge >= 0.3 is 0 Å². The van der Waals surface area contributed by atoms with E-state index in [1.807, 2.05) is 6.92 Å². The summed E-state index contributed by atoms with van der Waals surface area (Å²) in [6.45, 7) is 1.98. The number of Topliss-reactive ketones (excluding diaryl/α,β-unsaturated/α-hetero) is 1. The fourth-order valence-electron chi connectivity index (χ4n) is 1.96. The number of carbonyl (C=O) groups excluding carboxylic acids is 1. The van der Waals surface area contributed by atoms with Crippen LogP contribution in [0.1, 0.15) is 35.0 Å². The van der Waals surface area contributed by atoms with Crippen LogP contribution in [0.4, 0.5) is 0 Å². The first-order valence-electron chi connectivity index (χ1n) is 6.17. The number of imidazole rings is 1. The lowest BCUT2D eigenvalue weighted by molar-refractivity contribution is 0.0989. The van der Waals surface area contributed by atoms with Gasteiger partial charge in [-0.05, 0) is 18.1 Å². The third kappa shape index (κ3) is 2.93. The SMILES string of the molecule is CCCc1cc(C(=O)Cc2cnc[nH]2)c(O)cc1O. The van der Waals surface area contributed by atoms with Crippen LogP contribution in [0.25, 0.3) is 0 Å². The first-order valence-corrected chi connectivity index (χ1v) is 6.17. The molecule has 1 heterocycles. The first kappa shape index (κ1) is 13.1. The molecule has 5 heteroatoms.